The van der Waals surface area contributed by atoms with E-state index in [2.05, 4.69) is 51.6 Å². The van der Waals surface area contributed by atoms with Crippen molar-refractivity contribution in [1.82, 2.24) is 4.98 Å². The minimum atomic E-state index is -0.171. The topological polar surface area (TPSA) is 45.2 Å². The highest BCUT2D eigenvalue weighted by atomic mass is 16.1. The van der Waals surface area contributed by atoms with Gasteiger partial charge in [-0.3, -0.25) is 9.78 Å². The number of nitrogens with one attached hydrogen (secondary N) is 1. The van der Waals surface area contributed by atoms with Gasteiger partial charge >= 0.3 is 0 Å². The minimum Gasteiger partial charge on any atom is -0.337 e. The van der Waals surface area contributed by atoms with E-state index in [9.17, 15) is 4.79 Å². The van der Waals surface area contributed by atoms with Gasteiger partial charge in [0.25, 0.3) is 5.91 Å². The van der Waals surface area contributed by atoms with E-state index in [1.54, 1.807) is 24.5 Å². The summed E-state index contributed by atoms with van der Waals surface area (Å²) < 4.78 is 0. The van der Waals surface area contributed by atoms with Crippen LogP contribution in [-0.2, 0) is 6.54 Å². The normalized spacial score (nSPS) is 10.3. The Morgan fingerprint density at radius 2 is 1.41 bits per heavy atom. The van der Waals surface area contributed by atoms with Gasteiger partial charge in [0.05, 0.1) is 5.56 Å². The summed E-state index contributed by atoms with van der Waals surface area (Å²) in [6, 6.07) is 32.0. The first-order valence-electron chi connectivity index (χ1n) is 9.47. The molecule has 1 N–H and O–H groups in total. The zero-order chi connectivity index (χ0) is 19.9. The van der Waals surface area contributed by atoms with E-state index in [1.165, 1.54) is 5.56 Å². The molecule has 29 heavy (non-hydrogen) atoms. The molecule has 1 heterocycles. The van der Waals surface area contributed by atoms with E-state index < -0.39 is 0 Å². The minimum absolute atomic E-state index is 0.171. The highest BCUT2D eigenvalue weighted by Gasteiger charge is 2.11. The fourth-order valence-electron chi connectivity index (χ4n) is 3.13. The molecule has 0 aliphatic heterocycles. The maximum absolute atomic E-state index is 12.3. The van der Waals surface area contributed by atoms with Gasteiger partial charge in [-0.05, 0) is 54.1 Å². The summed E-state index contributed by atoms with van der Waals surface area (Å²) in [4.78, 5) is 18.6. The SMILES string of the molecule is O=C(Nc1ccc(N(Cc2ccccc2)c2ccccc2)cc1)c1cccnc1. The van der Waals surface area contributed by atoms with Gasteiger partial charge in [0.15, 0.2) is 0 Å². The number of para-hydroxylation sites is 1. The summed E-state index contributed by atoms with van der Waals surface area (Å²) in [6.07, 6.45) is 3.21. The molecule has 0 aliphatic carbocycles. The van der Waals surface area contributed by atoms with Gasteiger partial charge in [-0.25, -0.2) is 0 Å². The number of carbonyl (C=O) groups excluding carboxylic acids is 1. The highest BCUT2D eigenvalue weighted by molar-refractivity contribution is 6.04. The molecule has 0 radical (unpaired) electrons. The Balaban J connectivity index is 1.56. The summed E-state index contributed by atoms with van der Waals surface area (Å²) >= 11 is 0. The van der Waals surface area contributed by atoms with Crippen molar-refractivity contribution in [2.24, 2.45) is 0 Å². The van der Waals surface area contributed by atoms with Gasteiger partial charge in [-0.2, -0.15) is 0 Å². The lowest BCUT2D eigenvalue weighted by Gasteiger charge is -2.25. The van der Waals surface area contributed by atoms with E-state index in [-0.39, 0.29) is 5.91 Å². The van der Waals surface area contributed by atoms with Crippen molar-refractivity contribution in [3.63, 3.8) is 0 Å². The van der Waals surface area contributed by atoms with Crippen LogP contribution in [0, 0.1) is 0 Å². The van der Waals surface area contributed by atoms with Crippen LogP contribution in [0.3, 0.4) is 0 Å². The molecule has 4 heteroatoms. The predicted octanol–water partition coefficient (Wildman–Crippen LogP) is 5.67. The molecule has 1 amide bonds. The number of aromatic nitrogens is 1. The Morgan fingerprint density at radius 3 is 2.07 bits per heavy atom. The molecule has 0 fully saturated rings. The molecule has 1 aromatic heterocycles. The zero-order valence-electron chi connectivity index (χ0n) is 15.9. The van der Waals surface area contributed by atoms with Crippen LogP contribution in [0.15, 0.2) is 109 Å². The first kappa shape index (κ1) is 18.4. The number of anilines is 3. The number of carbonyl (C=O) groups is 1. The lowest BCUT2D eigenvalue weighted by molar-refractivity contribution is 0.102. The number of amides is 1. The standard InChI is InChI=1S/C25H21N3O/c29-25(21-10-7-17-26-18-21)27-22-13-15-24(16-14-22)28(23-11-5-2-6-12-23)19-20-8-3-1-4-9-20/h1-18H,19H2,(H,27,29). The van der Waals surface area contributed by atoms with Crippen LogP contribution in [0.1, 0.15) is 15.9 Å². The number of hydrogen-bond acceptors (Lipinski definition) is 3. The Labute approximate surface area is 170 Å². The molecule has 0 saturated heterocycles. The summed E-state index contributed by atoms with van der Waals surface area (Å²) in [5.74, 6) is -0.171. The molecule has 0 bridgehead atoms. The Hall–Kier alpha value is -3.92. The largest absolute Gasteiger partial charge is 0.337 e. The number of benzene rings is 3. The Kier molecular flexibility index (Phi) is 5.63. The molecule has 4 aromatic rings. The monoisotopic (exact) mass is 379 g/mol. The molecular formula is C25H21N3O. The smallest absolute Gasteiger partial charge is 0.257 e. The first-order chi connectivity index (χ1) is 14.3. The van der Waals surface area contributed by atoms with Gasteiger partial charge in [-0.1, -0.05) is 48.5 Å². The molecule has 0 saturated carbocycles. The van der Waals surface area contributed by atoms with Gasteiger partial charge < -0.3 is 10.2 Å². The van der Waals surface area contributed by atoms with Crippen molar-refractivity contribution < 1.29 is 4.79 Å². The van der Waals surface area contributed by atoms with Crippen molar-refractivity contribution >= 4 is 23.0 Å². The van der Waals surface area contributed by atoms with Crippen molar-refractivity contribution in [2.75, 3.05) is 10.2 Å². The first-order valence-corrected chi connectivity index (χ1v) is 9.47. The second-order valence-electron chi connectivity index (χ2n) is 6.65. The average Bonchev–Trinajstić information content (AvgIpc) is 2.80. The summed E-state index contributed by atoms with van der Waals surface area (Å²) in [7, 11) is 0. The zero-order valence-corrected chi connectivity index (χ0v) is 15.9. The van der Waals surface area contributed by atoms with Crippen LogP contribution in [0.4, 0.5) is 17.1 Å². The van der Waals surface area contributed by atoms with E-state index in [1.807, 2.05) is 48.5 Å². The van der Waals surface area contributed by atoms with E-state index in [4.69, 9.17) is 0 Å². The number of nitrogens with zero attached hydrogens (tertiary/aromatic N) is 2. The van der Waals surface area contributed by atoms with Crippen LogP contribution in [-0.4, -0.2) is 10.9 Å². The Bertz CT molecular complexity index is 1050. The van der Waals surface area contributed by atoms with Crippen LogP contribution < -0.4 is 10.2 Å². The molecule has 0 atom stereocenters. The maximum atomic E-state index is 12.3. The van der Waals surface area contributed by atoms with Crippen molar-refractivity contribution in [3.8, 4) is 0 Å². The number of hydrogen-bond donors (Lipinski definition) is 1. The third-order valence-corrected chi connectivity index (χ3v) is 4.61. The van der Waals surface area contributed by atoms with Crippen LogP contribution in [0.2, 0.25) is 0 Å². The second kappa shape index (κ2) is 8.85. The summed E-state index contributed by atoms with van der Waals surface area (Å²) in [6.45, 7) is 0.756. The molecule has 0 unspecified atom stereocenters. The number of pyridine rings is 1. The van der Waals surface area contributed by atoms with Crippen LogP contribution >= 0.6 is 0 Å². The predicted molar refractivity (Wildman–Crippen MR) is 117 cm³/mol. The third-order valence-electron chi connectivity index (χ3n) is 4.61. The fraction of sp³-hybridized carbons (Fsp3) is 0.0400. The quantitative estimate of drug-likeness (QED) is 0.469. The highest BCUT2D eigenvalue weighted by Crippen LogP contribution is 2.28. The molecule has 4 nitrogen and oxygen atoms in total. The van der Waals surface area contributed by atoms with Gasteiger partial charge in [0.2, 0.25) is 0 Å². The van der Waals surface area contributed by atoms with E-state index in [0.29, 0.717) is 5.56 Å². The number of rotatable bonds is 6. The van der Waals surface area contributed by atoms with E-state index in [0.717, 1.165) is 23.6 Å². The molecule has 4 rings (SSSR count). The lowest BCUT2D eigenvalue weighted by Crippen LogP contribution is -2.16. The molecule has 0 aliphatic rings. The Morgan fingerprint density at radius 1 is 0.759 bits per heavy atom. The summed E-state index contributed by atoms with van der Waals surface area (Å²) in [5, 5.41) is 2.92. The molecule has 3 aromatic carbocycles. The molecule has 0 spiro atoms. The molecule has 142 valence electrons. The fourth-order valence-corrected chi connectivity index (χ4v) is 3.13. The van der Waals surface area contributed by atoms with E-state index >= 15 is 0 Å². The van der Waals surface area contributed by atoms with Gasteiger partial charge in [-0.15, -0.1) is 0 Å². The maximum Gasteiger partial charge on any atom is 0.257 e. The third kappa shape index (κ3) is 4.68. The van der Waals surface area contributed by atoms with Crippen molar-refractivity contribution in [2.45, 2.75) is 6.54 Å². The lowest BCUT2D eigenvalue weighted by atomic mass is 10.1. The average molecular weight is 379 g/mol. The summed E-state index contributed by atoms with van der Waals surface area (Å²) in [5.41, 5.74) is 4.68. The second-order valence-corrected chi connectivity index (χ2v) is 6.65. The molecular weight excluding hydrogens is 358 g/mol. The van der Waals surface area contributed by atoms with Gasteiger partial charge in [0.1, 0.15) is 0 Å². The van der Waals surface area contributed by atoms with Crippen molar-refractivity contribution in [3.05, 3.63) is 121 Å². The van der Waals surface area contributed by atoms with Gasteiger partial charge in [0, 0.05) is 36.0 Å². The van der Waals surface area contributed by atoms with Crippen LogP contribution in [0.25, 0.3) is 0 Å². The van der Waals surface area contributed by atoms with Crippen molar-refractivity contribution in [1.29, 1.82) is 0 Å². The van der Waals surface area contributed by atoms with Crippen LogP contribution in [0.5, 0.6) is 0 Å².